The number of fused-ring (bicyclic) bond motifs is 1. The molecule has 2 aromatic heterocycles. The van der Waals surface area contributed by atoms with E-state index in [9.17, 15) is 9.59 Å². The van der Waals surface area contributed by atoms with Crippen molar-refractivity contribution >= 4 is 17.1 Å². The Morgan fingerprint density at radius 3 is 2.75 bits per heavy atom. The first-order valence-corrected chi connectivity index (χ1v) is 10.3. The number of hydrogen-bond donors (Lipinski definition) is 1. The summed E-state index contributed by atoms with van der Waals surface area (Å²) < 4.78 is 18.3. The number of carbonyl (C=O) groups excluding carboxylic acids is 1. The predicted octanol–water partition coefficient (Wildman–Crippen LogP) is 2.36. The van der Waals surface area contributed by atoms with Crippen molar-refractivity contribution in [2.75, 3.05) is 14.1 Å². The molecule has 0 saturated carbocycles. The Hall–Kier alpha value is -3.24. The Bertz CT molecular complexity index is 1190. The molecule has 1 aliphatic rings. The van der Waals surface area contributed by atoms with Crippen LogP contribution in [0.25, 0.3) is 22.2 Å². The Morgan fingerprint density at radius 1 is 1.28 bits per heavy atom. The van der Waals surface area contributed by atoms with Crippen LogP contribution in [0.2, 0.25) is 0 Å². The minimum Gasteiger partial charge on any atom is -0.459 e. The van der Waals surface area contributed by atoms with Crippen LogP contribution < -0.4 is 10.7 Å². The second-order valence-electron chi connectivity index (χ2n) is 9.00. The predicted molar refractivity (Wildman–Crippen MR) is 117 cm³/mol. The van der Waals surface area contributed by atoms with Gasteiger partial charge in [0.25, 0.3) is 0 Å². The van der Waals surface area contributed by atoms with E-state index >= 15 is 0 Å². The molecular weight excluding hydrogens is 414 g/mol. The molecule has 1 aliphatic heterocycles. The molecule has 1 saturated heterocycles. The number of alkyl carbamates (subject to hydrolysis) is 1. The monoisotopic (exact) mass is 441 g/mol. The van der Waals surface area contributed by atoms with Crippen LogP contribution in [0, 0.1) is 0 Å². The summed E-state index contributed by atoms with van der Waals surface area (Å²) in [5.41, 5.74) is 1.03. The van der Waals surface area contributed by atoms with E-state index in [1.54, 1.807) is 37.6 Å². The molecule has 3 aromatic rings. The smallest absolute Gasteiger partial charge is 0.408 e. The van der Waals surface area contributed by atoms with Gasteiger partial charge in [0.15, 0.2) is 5.43 Å². The lowest BCUT2D eigenvalue weighted by Gasteiger charge is -2.19. The number of benzene rings is 1. The number of likely N-dealkylation sites (N-methyl/N-ethyl adjacent to an activating group) is 1. The third-order valence-electron chi connectivity index (χ3n) is 4.85. The molecule has 1 amide bonds. The fourth-order valence-electron chi connectivity index (χ4n) is 3.35. The lowest BCUT2D eigenvalue weighted by Crippen LogP contribution is -2.32. The van der Waals surface area contributed by atoms with Crippen LogP contribution in [0.4, 0.5) is 4.79 Å². The van der Waals surface area contributed by atoms with Gasteiger partial charge in [0.05, 0.1) is 24.7 Å². The maximum absolute atomic E-state index is 12.6. The van der Waals surface area contributed by atoms with Crippen LogP contribution in [0.1, 0.15) is 26.5 Å². The molecule has 0 aliphatic carbocycles. The number of epoxide rings is 1. The van der Waals surface area contributed by atoms with Gasteiger partial charge in [0.1, 0.15) is 35.0 Å². The Morgan fingerprint density at radius 2 is 2.06 bits per heavy atom. The minimum atomic E-state index is -0.605. The highest BCUT2D eigenvalue weighted by Gasteiger charge is 2.41. The minimum absolute atomic E-state index is 0.0490. The number of carbonyl (C=O) groups is 1. The van der Waals surface area contributed by atoms with Gasteiger partial charge in [-0.3, -0.25) is 9.69 Å². The van der Waals surface area contributed by atoms with Crippen molar-refractivity contribution < 1.29 is 18.7 Å². The zero-order valence-electron chi connectivity index (χ0n) is 18.8. The van der Waals surface area contributed by atoms with Gasteiger partial charge >= 0.3 is 6.09 Å². The molecule has 1 aromatic carbocycles. The number of nitrogens with zero attached hydrogens (tertiary/aromatic N) is 4. The van der Waals surface area contributed by atoms with Crippen LogP contribution in [0.5, 0.6) is 0 Å². The molecule has 4 rings (SSSR count). The summed E-state index contributed by atoms with van der Waals surface area (Å²) in [6, 6.07) is 6.64. The van der Waals surface area contributed by atoms with Gasteiger partial charge in [-0.1, -0.05) is 5.21 Å². The SMILES string of the molecule is CN(C)C1OC1Cn1cc(-c2ccc3oc(CNC(=O)OC(C)(C)C)cc(=O)c3c2)nn1. The van der Waals surface area contributed by atoms with Crippen LogP contribution in [0.15, 0.2) is 39.7 Å². The molecule has 0 spiro atoms. The van der Waals surface area contributed by atoms with Crippen LogP contribution in [-0.4, -0.2) is 58.0 Å². The second kappa shape index (κ2) is 8.36. The van der Waals surface area contributed by atoms with Gasteiger partial charge in [0, 0.05) is 11.6 Å². The lowest BCUT2D eigenvalue weighted by molar-refractivity contribution is 0.0520. The molecule has 2 atom stereocenters. The van der Waals surface area contributed by atoms with Crippen molar-refractivity contribution in [1.82, 2.24) is 25.2 Å². The van der Waals surface area contributed by atoms with Crippen LogP contribution >= 0.6 is 0 Å². The van der Waals surface area contributed by atoms with Crippen molar-refractivity contribution in [2.24, 2.45) is 0 Å². The molecule has 0 radical (unpaired) electrons. The van der Waals surface area contributed by atoms with Crippen LogP contribution in [0.3, 0.4) is 0 Å². The Labute approximate surface area is 185 Å². The van der Waals surface area contributed by atoms with Crippen molar-refractivity contribution in [1.29, 1.82) is 0 Å². The summed E-state index contributed by atoms with van der Waals surface area (Å²) in [6.45, 7) is 5.99. The highest BCUT2D eigenvalue weighted by atomic mass is 16.6. The molecule has 2 unspecified atom stereocenters. The molecule has 32 heavy (non-hydrogen) atoms. The molecule has 170 valence electrons. The fraction of sp³-hybridized carbons (Fsp3) is 0.455. The average molecular weight is 441 g/mol. The quantitative estimate of drug-likeness (QED) is 0.580. The largest absolute Gasteiger partial charge is 0.459 e. The number of amides is 1. The van der Waals surface area contributed by atoms with Gasteiger partial charge in [0.2, 0.25) is 0 Å². The normalized spacial score (nSPS) is 18.2. The summed E-state index contributed by atoms with van der Waals surface area (Å²) in [4.78, 5) is 26.5. The standard InChI is InChI=1S/C22H27N5O5/c1-22(2,3)32-21(29)23-10-14-9-17(28)15-8-13(6-7-18(15)30-14)16-11-27(25-24-16)12-19-20(31-19)26(4)5/h6-9,11,19-20H,10,12H2,1-5H3,(H,23,29). The summed E-state index contributed by atoms with van der Waals surface area (Å²) in [6.07, 6.45) is 1.45. The van der Waals surface area contributed by atoms with Crippen molar-refractivity contribution in [3.63, 3.8) is 0 Å². The zero-order valence-corrected chi connectivity index (χ0v) is 18.8. The third kappa shape index (κ3) is 5.14. The highest BCUT2D eigenvalue weighted by Crippen LogP contribution is 2.26. The first-order chi connectivity index (χ1) is 15.1. The number of hydrogen-bond acceptors (Lipinski definition) is 8. The summed E-state index contributed by atoms with van der Waals surface area (Å²) >= 11 is 0. The molecule has 10 heteroatoms. The Kier molecular flexibility index (Phi) is 5.74. The van der Waals surface area contributed by atoms with Crippen molar-refractivity contribution in [3.05, 3.63) is 46.4 Å². The number of aromatic nitrogens is 3. The summed E-state index contributed by atoms with van der Waals surface area (Å²) in [5.74, 6) is 0.340. The summed E-state index contributed by atoms with van der Waals surface area (Å²) in [7, 11) is 3.94. The lowest BCUT2D eigenvalue weighted by atomic mass is 10.1. The molecule has 1 fully saturated rings. The van der Waals surface area contributed by atoms with E-state index in [-0.39, 0.29) is 24.3 Å². The number of ether oxygens (including phenoxy) is 2. The van der Waals surface area contributed by atoms with E-state index in [2.05, 4.69) is 15.6 Å². The van der Waals surface area contributed by atoms with Crippen molar-refractivity contribution in [2.45, 2.75) is 51.8 Å². The van der Waals surface area contributed by atoms with Crippen LogP contribution in [-0.2, 0) is 22.6 Å². The topological polar surface area (TPSA) is 115 Å². The third-order valence-corrected chi connectivity index (χ3v) is 4.85. The second-order valence-corrected chi connectivity index (χ2v) is 9.00. The molecule has 1 N–H and O–H groups in total. The van der Waals surface area contributed by atoms with Gasteiger partial charge in [-0.05, 0) is 53.1 Å². The number of nitrogens with one attached hydrogen (secondary N) is 1. The van der Waals surface area contributed by atoms with Crippen molar-refractivity contribution in [3.8, 4) is 11.3 Å². The summed E-state index contributed by atoms with van der Waals surface area (Å²) in [5, 5.41) is 11.4. The number of rotatable bonds is 6. The van der Waals surface area contributed by atoms with E-state index in [4.69, 9.17) is 13.9 Å². The molecular formula is C22H27N5O5. The van der Waals surface area contributed by atoms with E-state index in [1.807, 2.05) is 31.3 Å². The average Bonchev–Trinajstić information content (AvgIpc) is 3.32. The van der Waals surface area contributed by atoms with E-state index in [0.717, 1.165) is 5.56 Å². The van der Waals surface area contributed by atoms with Gasteiger partial charge in [-0.25, -0.2) is 9.48 Å². The van der Waals surface area contributed by atoms with Gasteiger partial charge < -0.3 is 19.2 Å². The Balaban J connectivity index is 1.47. The first-order valence-electron chi connectivity index (χ1n) is 10.3. The van der Waals surface area contributed by atoms with Gasteiger partial charge in [-0.15, -0.1) is 5.10 Å². The molecule has 0 bridgehead atoms. The fourth-order valence-corrected chi connectivity index (χ4v) is 3.35. The van der Waals surface area contributed by atoms with E-state index in [0.29, 0.717) is 29.0 Å². The molecule has 3 heterocycles. The zero-order chi connectivity index (χ0) is 23.0. The molecule has 10 nitrogen and oxygen atoms in total. The van der Waals surface area contributed by atoms with E-state index in [1.165, 1.54) is 6.07 Å². The van der Waals surface area contributed by atoms with E-state index < -0.39 is 11.7 Å². The maximum atomic E-state index is 12.6. The maximum Gasteiger partial charge on any atom is 0.408 e. The first kappa shape index (κ1) is 22.0. The highest BCUT2D eigenvalue weighted by molar-refractivity contribution is 5.82. The van der Waals surface area contributed by atoms with Gasteiger partial charge in [-0.2, -0.15) is 0 Å².